The Hall–Kier alpha value is -0.760. The number of aliphatic hydroxyl groups is 1. The van der Waals surface area contributed by atoms with E-state index in [9.17, 15) is 0 Å². The highest BCUT2D eigenvalue weighted by molar-refractivity contribution is 5.18. The number of aliphatic hydroxyl groups excluding tert-OH is 1. The molecule has 0 spiro atoms. The molecule has 0 saturated heterocycles. The van der Waals surface area contributed by atoms with Crippen LogP contribution in [0.5, 0.6) is 0 Å². The maximum Gasteiger partial charge on any atom is 0.0956 e. The molecule has 0 heterocycles. The molecule has 62 valence electrons. The molecular weight excluding hydrogens is 140 g/mol. The van der Waals surface area contributed by atoms with Crippen LogP contribution < -0.4 is 0 Å². The van der Waals surface area contributed by atoms with Gasteiger partial charge in [-0.1, -0.05) is 11.6 Å². The lowest BCUT2D eigenvalue weighted by Crippen LogP contribution is -1.96. The van der Waals surface area contributed by atoms with Gasteiger partial charge in [0.05, 0.1) is 12.9 Å². The van der Waals surface area contributed by atoms with Crippen LogP contribution in [0.3, 0.4) is 0 Å². The molecule has 1 N–H and O–H groups in total. The smallest absolute Gasteiger partial charge is 0.0956 e. The van der Waals surface area contributed by atoms with Gasteiger partial charge >= 0.3 is 0 Å². The van der Waals surface area contributed by atoms with Crippen LogP contribution in [0.4, 0.5) is 0 Å². The van der Waals surface area contributed by atoms with Gasteiger partial charge in [0.2, 0.25) is 0 Å². The standard InChI is InChI=1S/C9H14O2/c1-11-9-4-2-8(3-5-9)6-7-10/h2,5,10H,3-4,6-7H2,1H3. The summed E-state index contributed by atoms with van der Waals surface area (Å²) in [5.74, 6) is 1.03. The number of allylic oxidation sites excluding steroid dienone is 2. The minimum Gasteiger partial charge on any atom is -0.501 e. The van der Waals surface area contributed by atoms with Crippen molar-refractivity contribution in [3.63, 3.8) is 0 Å². The molecule has 0 amide bonds. The van der Waals surface area contributed by atoms with Crippen molar-refractivity contribution in [1.82, 2.24) is 0 Å². The summed E-state index contributed by atoms with van der Waals surface area (Å²) in [6.45, 7) is 0.252. The van der Waals surface area contributed by atoms with Crippen LogP contribution >= 0.6 is 0 Å². The van der Waals surface area contributed by atoms with E-state index in [0.29, 0.717) is 0 Å². The van der Waals surface area contributed by atoms with Crippen LogP contribution in [0.15, 0.2) is 23.5 Å². The molecular formula is C9H14O2. The van der Waals surface area contributed by atoms with Gasteiger partial charge in [0.1, 0.15) is 0 Å². The van der Waals surface area contributed by atoms with Gasteiger partial charge in [-0.05, 0) is 18.9 Å². The van der Waals surface area contributed by atoms with Crippen LogP contribution in [0.2, 0.25) is 0 Å². The summed E-state index contributed by atoms with van der Waals surface area (Å²) >= 11 is 0. The van der Waals surface area contributed by atoms with Crippen molar-refractivity contribution in [2.75, 3.05) is 13.7 Å². The molecule has 1 aliphatic rings. The van der Waals surface area contributed by atoms with Crippen molar-refractivity contribution in [2.24, 2.45) is 0 Å². The van der Waals surface area contributed by atoms with E-state index >= 15 is 0 Å². The lowest BCUT2D eigenvalue weighted by atomic mass is 10.0. The van der Waals surface area contributed by atoms with E-state index in [-0.39, 0.29) is 6.61 Å². The third kappa shape index (κ3) is 2.39. The summed E-state index contributed by atoms with van der Waals surface area (Å²) in [6.07, 6.45) is 6.82. The number of hydrogen-bond acceptors (Lipinski definition) is 2. The Kier molecular flexibility index (Phi) is 3.17. The quantitative estimate of drug-likeness (QED) is 0.626. The minimum atomic E-state index is 0.252. The number of rotatable bonds is 3. The van der Waals surface area contributed by atoms with E-state index in [4.69, 9.17) is 9.84 Å². The second-order valence-corrected chi connectivity index (χ2v) is 2.62. The molecule has 0 unspecified atom stereocenters. The maximum absolute atomic E-state index is 8.65. The van der Waals surface area contributed by atoms with Crippen LogP contribution in [-0.2, 0) is 4.74 Å². The number of methoxy groups -OCH3 is 1. The van der Waals surface area contributed by atoms with Crippen LogP contribution in [-0.4, -0.2) is 18.8 Å². The third-order valence-electron chi connectivity index (χ3n) is 1.88. The zero-order valence-electron chi connectivity index (χ0n) is 6.84. The third-order valence-corrected chi connectivity index (χ3v) is 1.88. The molecule has 2 nitrogen and oxygen atoms in total. The predicted molar refractivity (Wildman–Crippen MR) is 44.1 cm³/mol. The van der Waals surface area contributed by atoms with Crippen molar-refractivity contribution < 1.29 is 9.84 Å². The number of ether oxygens (including phenoxy) is 1. The van der Waals surface area contributed by atoms with Crippen LogP contribution in [0.25, 0.3) is 0 Å². The van der Waals surface area contributed by atoms with Gasteiger partial charge in [-0.3, -0.25) is 0 Å². The molecule has 0 radical (unpaired) electrons. The average molecular weight is 154 g/mol. The minimum absolute atomic E-state index is 0.252. The number of hydrogen-bond donors (Lipinski definition) is 1. The lowest BCUT2D eigenvalue weighted by molar-refractivity contribution is 0.279. The fourth-order valence-electron chi connectivity index (χ4n) is 1.17. The van der Waals surface area contributed by atoms with Gasteiger partial charge in [-0.25, -0.2) is 0 Å². The zero-order chi connectivity index (χ0) is 8.10. The Morgan fingerprint density at radius 3 is 2.73 bits per heavy atom. The zero-order valence-corrected chi connectivity index (χ0v) is 6.84. The van der Waals surface area contributed by atoms with E-state index in [1.807, 2.05) is 0 Å². The normalized spacial score (nSPS) is 17.3. The van der Waals surface area contributed by atoms with Crippen molar-refractivity contribution in [3.05, 3.63) is 23.5 Å². The van der Waals surface area contributed by atoms with Gasteiger partial charge in [-0.2, -0.15) is 0 Å². The highest BCUT2D eigenvalue weighted by Gasteiger charge is 2.03. The molecule has 0 aliphatic heterocycles. The first kappa shape index (κ1) is 8.34. The highest BCUT2D eigenvalue weighted by Crippen LogP contribution is 2.19. The first-order valence-corrected chi connectivity index (χ1v) is 3.88. The summed E-state index contributed by atoms with van der Waals surface area (Å²) in [5.41, 5.74) is 1.31. The molecule has 0 aromatic carbocycles. The first-order valence-electron chi connectivity index (χ1n) is 3.88. The van der Waals surface area contributed by atoms with Gasteiger partial charge in [0.25, 0.3) is 0 Å². The second-order valence-electron chi connectivity index (χ2n) is 2.62. The fraction of sp³-hybridized carbons (Fsp3) is 0.556. The summed E-state index contributed by atoms with van der Waals surface area (Å²) in [4.78, 5) is 0. The van der Waals surface area contributed by atoms with Gasteiger partial charge in [-0.15, -0.1) is 0 Å². The molecule has 0 aromatic heterocycles. The molecule has 1 aliphatic carbocycles. The molecule has 1 rings (SSSR count). The Morgan fingerprint density at radius 1 is 1.45 bits per heavy atom. The molecule has 2 heteroatoms. The molecule has 0 aromatic rings. The Labute approximate surface area is 67.2 Å². The summed E-state index contributed by atoms with van der Waals surface area (Å²) in [7, 11) is 1.69. The Morgan fingerprint density at radius 2 is 2.27 bits per heavy atom. The van der Waals surface area contributed by atoms with E-state index in [1.54, 1.807) is 7.11 Å². The summed E-state index contributed by atoms with van der Waals surface area (Å²) < 4.78 is 5.07. The van der Waals surface area contributed by atoms with Gasteiger partial charge in [0.15, 0.2) is 0 Å². The Balaban J connectivity index is 2.37. The largest absolute Gasteiger partial charge is 0.501 e. The lowest BCUT2D eigenvalue weighted by Gasteiger charge is -2.11. The maximum atomic E-state index is 8.65. The SMILES string of the molecule is COC1=CCC(CCO)=CC1. The molecule has 11 heavy (non-hydrogen) atoms. The fourth-order valence-corrected chi connectivity index (χ4v) is 1.17. The van der Waals surface area contributed by atoms with Crippen LogP contribution in [0.1, 0.15) is 19.3 Å². The molecule has 0 saturated carbocycles. The van der Waals surface area contributed by atoms with Gasteiger partial charge < -0.3 is 9.84 Å². The molecule has 0 bridgehead atoms. The predicted octanol–water partition coefficient (Wildman–Crippen LogP) is 1.62. The Bertz CT molecular complexity index is 180. The van der Waals surface area contributed by atoms with E-state index in [1.165, 1.54) is 5.57 Å². The topological polar surface area (TPSA) is 29.5 Å². The average Bonchev–Trinajstić information content (AvgIpc) is 2.07. The van der Waals surface area contributed by atoms with Crippen molar-refractivity contribution >= 4 is 0 Å². The molecule has 0 atom stereocenters. The van der Waals surface area contributed by atoms with E-state index < -0.39 is 0 Å². The van der Waals surface area contributed by atoms with E-state index in [2.05, 4.69) is 12.2 Å². The summed E-state index contributed by atoms with van der Waals surface area (Å²) in [6, 6.07) is 0. The second kappa shape index (κ2) is 4.19. The van der Waals surface area contributed by atoms with Gasteiger partial charge in [0, 0.05) is 13.0 Å². The van der Waals surface area contributed by atoms with Crippen molar-refractivity contribution in [3.8, 4) is 0 Å². The van der Waals surface area contributed by atoms with E-state index in [0.717, 1.165) is 25.0 Å². The van der Waals surface area contributed by atoms with Crippen molar-refractivity contribution in [1.29, 1.82) is 0 Å². The molecule has 0 fully saturated rings. The first-order chi connectivity index (χ1) is 5.36. The monoisotopic (exact) mass is 154 g/mol. The summed E-state index contributed by atoms with van der Waals surface area (Å²) in [5, 5.41) is 8.65. The van der Waals surface area contributed by atoms with Crippen LogP contribution in [0, 0.1) is 0 Å². The highest BCUT2D eigenvalue weighted by atomic mass is 16.5. The van der Waals surface area contributed by atoms with Crippen molar-refractivity contribution in [2.45, 2.75) is 19.3 Å².